The maximum Gasteiger partial charge on any atom is 0.414 e. The van der Waals surface area contributed by atoms with Crippen molar-refractivity contribution >= 4 is 34.4 Å². The molecular weight excluding hydrogens is 426 g/mol. The number of carboxylic acids is 2. The Morgan fingerprint density at radius 2 is 1.67 bits per heavy atom. The quantitative estimate of drug-likeness (QED) is 0.270. The molecule has 0 spiro atoms. The van der Waals surface area contributed by atoms with E-state index >= 15 is 0 Å². The molecule has 0 bridgehead atoms. The summed E-state index contributed by atoms with van der Waals surface area (Å²) in [7, 11) is 0. The number of hydrogen-bond acceptors (Lipinski definition) is 5. The number of aromatic nitrogens is 1. The number of nitrogens with one attached hydrogen (secondary N) is 3. The first-order chi connectivity index (χ1) is 15.6. The first kappa shape index (κ1) is 25.4. The number of hydrogen-bond donors (Lipinski definition) is 5. The lowest BCUT2D eigenvalue weighted by Crippen LogP contribution is -2.36. The Morgan fingerprint density at radius 1 is 0.970 bits per heavy atom. The molecule has 5 N–H and O–H groups in total. The second kappa shape index (κ2) is 11.7. The van der Waals surface area contributed by atoms with Crippen LogP contribution in [-0.2, 0) is 9.59 Å². The Labute approximate surface area is 191 Å². The minimum Gasteiger partial charge on any atom is -0.493 e. The molecule has 3 rings (SSSR count). The third-order valence-electron chi connectivity index (χ3n) is 4.39. The Balaban J connectivity index is 0.000000569. The predicted molar refractivity (Wildman–Crippen MR) is 126 cm³/mol. The van der Waals surface area contributed by atoms with E-state index in [2.05, 4.69) is 36.4 Å². The van der Waals surface area contributed by atoms with Crippen LogP contribution in [0.1, 0.15) is 37.6 Å². The molecule has 176 valence electrons. The highest BCUT2D eigenvalue weighted by Gasteiger charge is 2.14. The summed E-state index contributed by atoms with van der Waals surface area (Å²) >= 11 is 0. The zero-order valence-corrected chi connectivity index (χ0v) is 18.8. The van der Waals surface area contributed by atoms with Gasteiger partial charge in [-0.2, -0.15) is 0 Å². The molecular formula is C24H29N3O6. The van der Waals surface area contributed by atoms with Gasteiger partial charge in [0.2, 0.25) is 0 Å². The molecule has 0 fully saturated rings. The van der Waals surface area contributed by atoms with E-state index in [1.807, 2.05) is 48.7 Å². The van der Waals surface area contributed by atoms with Gasteiger partial charge in [0, 0.05) is 22.6 Å². The van der Waals surface area contributed by atoms with Crippen molar-refractivity contribution in [2.75, 3.05) is 18.5 Å². The molecule has 0 saturated heterocycles. The van der Waals surface area contributed by atoms with Crippen molar-refractivity contribution in [1.82, 2.24) is 10.3 Å². The fourth-order valence-corrected chi connectivity index (χ4v) is 2.88. The van der Waals surface area contributed by atoms with Crippen LogP contribution in [-0.4, -0.2) is 51.7 Å². The van der Waals surface area contributed by atoms with Crippen molar-refractivity contribution in [2.45, 2.75) is 32.7 Å². The first-order valence-electron chi connectivity index (χ1n) is 10.4. The zero-order chi connectivity index (χ0) is 24.4. The largest absolute Gasteiger partial charge is 0.493 e. The van der Waals surface area contributed by atoms with Gasteiger partial charge in [-0.05, 0) is 64.1 Å². The van der Waals surface area contributed by atoms with Crippen molar-refractivity contribution in [1.29, 1.82) is 0 Å². The van der Waals surface area contributed by atoms with Gasteiger partial charge in [0.05, 0.1) is 17.9 Å². The Morgan fingerprint density at radius 3 is 2.33 bits per heavy atom. The normalized spacial score (nSPS) is 10.8. The first-order valence-corrected chi connectivity index (χ1v) is 10.4. The van der Waals surface area contributed by atoms with Crippen LogP contribution in [0.5, 0.6) is 5.75 Å². The molecule has 0 atom stereocenters. The van der Waals surface area contributed by atoms with Gasteiger partial charge in [-0.1, -0.05) is 18.2 Å². The minimum absolute atomic E-state index is 0.0943. The van der Waals surface area contributed by atoms with Crippen molar-refractivity contribution in [3.05, 3.63) is 60.3 Å². The molecule has 0 aliphatic carbocycles. The van der Waals surface area contributed by atoms with Gasteiger partial charge >= 0.3 is 11.9 Å². The Bertz CT molecular complexity index is 1090. The average Bonchev–Trinajstić information content (AvgIpc) is 3.23. The predicted octanol–water partition coefficient (Wildman–Crippen LogP) is 3.73. The molecule has 1 amide bonds. The highest BCUT2D eigenvalue weighted by atomic mass is 16.5. The second-order valence-corrected chi connectivity index (χ2v) is 8.18. The summed E-state index contributed by atoms with van der Waals surface area (Å²) in [6, 6.07) is 15.1. The molecule has 2 aromatic carbocycles. The van der Waals surface area contributed by atoms with Crippen LogP contribution < -0.4 is 15.4 Å². The van der Waals surface area contributed by atoms with Gasteiger partial charge in [-0.15, -0.1) is 0 Å². The van der Waals surface area contributed by atoms with E-state index in [1.165, 1.54) is 0 Å². The number of carbonyl (C=O) groups is 3. The van der Waals surface area contributed by atoms with Gasteiger partial charge in [0.1, 0.15) is 5.75 Å². The maximum absolute atomic E-state index is 12.8. The molecule has 0 aliphatic rings. The van der Waals surface area contributed by atoms with Gasteiger partial charge < -0.3 is 30.6 Å². The molecule has 1 heterocycles. The SMILES string of the molecule is CC(C)(C)NCCCOc1ccccc1C(=O)Nc1cccc2[nH]ccc12.O=C(O)C(=O)O. The van der Waals surface area contributed by atoms with E-state index in [0.717, 1.165) is 29.6 Å². The highest BCUT2D eigenvalue weighted by Crippen LogP contribution is 2.25. The van der Waals surface area contributed by atoms with Crippen LogP contribution in [0.4, 0.5) is 5.69 Å². The number of ether oxygens (including phenoxy) is 1. The standard InChI is InChI=1S/C22H27N3O2.C2H2O4/c1-22(2,3)24-13-7-15-27-20-11-5-4-8-17(20)21(26)25-19-10-6-9-18-16(19)12-14-23-18;3-1(4)2(5)6/h4-6,8-12,14,23-24H,7,13,15H2,1-3H3,(H,25,26);(H,3,4)(H,5,6). The second-order valence-electron chi connectivity index (χ2n) is 8.18. The van der Waals surface area contributed by atoms with Gasteiger partial charge in [0.25, 0.3) is 5.91 Å². The number of para-hydroxylation sites is 1. The summed E-state index contributed by atoms with van der Waals surface area (Å²) in [5, 5.41) is 22.2. The fourth-order valence-electron chi connectivity index (χ4n) is 2.88. The number of rotatable bonds is 7. The van der Waals surface area contributed by atoms with Gasteiger partial charge in [-0.3, -0.25) is 4.79 Å². The highest BCUT2D eigenvalue weighted by molar-refractivity contribution is 6.27. The molecule has 0 radical (unpaired) electrons. The summed E-state index contributed by atoms with van der Waals surface area (Å²) in [6.07, 6.45) is 2.74. The third-order valence-corrected chi connectivity index (χ3v) is 4.39. The number of carboxylic acid groups (broad SMARTS) is 2. The minimum atomic E-state index is -1.82. The summed E-state index contributed by atoms with van der Waals surface area (Å²) in [4.78, 5) is 34.2. The number of benzene rings is 2. The summed E-state index contributed by atoms with van der Waals surface area (Å²) in [5.41, 5.74) is 2.40. The van der Waals surface area contributed by atoms with Crippen LogP contribution in [0.3, 0.4) is 0 Å². The monoisotopic (exact) mass is 455 g/mol. The summed E-state index contributed by atoms with van der Waals surface area (Å²) in [6.45, 7) is 7.84. The summed E-state index contributed by atoms with van der Waals surface area (Å²) < 4.78 is 5.88. The molecule has 0 aliphatic heterocycles. The fraction of sp³-hybridized carbons (Fsp3) is 0.292. The number of aromatic amines is 1. The maximum atomic E-state index is 12.8. The lowest BCUT2D eigenvalue weighted by molar-refractivity contribution is -0.159. The van der Waals surface area contributed by atoms with Gasteiger partial charge in [-0.25, -0.2) is 9.59 Å². The van der Waals surface area contributed by atoms with Crippen LogP contribution in [0.15, 0.2) is 54.7 Å². The van der Waals surface area contributed by atoms with E-state index < -0.39 is 11.9 Å². The molecule has 9 nitrogen and oxygen atoms in total. The Kier molecular flexibility index (Phi) is 8.99. The van der Waals surface area contributed by atoms with E-state index in [0.29, 0.717) is 17.9 Å². The number of carbonyl (C=O) groups excluding carboxylic acids is 1. The number of H-pyrrole nitrogens is 1. The molecule has 0 unspecified atom stereocenters. The van der Waals surface area contributed by atoms with Crippen molar-refractivity contribution in [2.24, 2.45) is 0 Å². The van der Waals surface area contributed by atoms with Crippen molar-refractivity contribution in [3.8, 4) is 5.75 Å². The lowest BCUT2D eigenvalue weighted by Gasteiger charge is -2.20. The van der Waals surface area contributed by atoms with Crippen LogP contribution in [0, 0.1) is 0 Å². The molecule has 9 heteroatoms. The lowest BCUT2D eigenvalue weighted by atomic mass is 10.1. The van der Waals surface area contributed by atoms with E-state index in [9.17, 15) is 4.79 Å². The third kappa shape index (κ3) is 8.30. The summed E-state index contributed by atoms with van der Waals surface area (Å²) in [5.74, 6) is -3.22. The molecule has 1 aromatic heterocycles. The van der Waals surface area contributed by atoms with Crippen LogP contribution in [0.25, 0.3) is 10.9 Å². The van der Waals surface area contributed by atoms with E-state index in [4.69, 9.17) is 24.5 Å². The van der Waals surface area contributed by atoms with E-state index in [1.54, 1.807) is 6.07 Å². The van der Waals surface area contributed by atoms with Crippen LogP contribution >= 0.6 is 0 Å². The molecule has 0 saturated carbocycles. The van der Waals surface area contributed by atoms with Crippen molar-refractivity contribution in [3.63, 3.8) is 0 Å². The number of aliphatic carboxylic acids is 2. The smallest absolute Gasteiger partial charge is 0.414 e. The average molecular weight is 456 g/mol. The molecule has 33 heavy (non-hydrogen) atoms. The van der Waals surface area contributed by atoms with Crippen molar-refractivity contribution < 1.29 is 29.3 Å². The van der Waals surface area contributed by atoms with E-state index in [-0.39, 0.29) is 11.4 Å². The zero-order valence-electron chi connectivity index (χ0n) is 18.8. The number of fused-ring (bicyclic) bond motifs is 1. The number of anilines is 1. The van der Waals surface area contributed by atoms with Crippen LogP contribution in [0.2, 0.25) is 0 Å². The number of amides is 1. The topological polar surface area (TPSA) is 141 Å². The Hall–Kier alpha value is -3.85. The molecule has 3 aromatic rings. The van der Waals surface area contributed by atoms with Gasteiger partial charge in [0.15, 0.2) is 0 Å².